The average Bonchev–Trinajstić information content (AvgIpc) is 3.09. The van der Waals surface area contributed by atoms with E-state index in [1.54, 1.807) is 0 Å². The van der Waals surface area contributed by atoms with Crippen LogP contribution in [0.15, 0.2) is 28.4 Å². The smallest absolute Gasteiger partial charge is 0.172 e. The van der Waals surface area contributed by atoms with Crippen molar-refractivity contribution in [3.63, 3.8) is 0 Å². The van der Waals surface area contributed by atoms with E-state index in [0.29, 0.717) is 24.1 Å². The monoisotopic (exact) mass is 341 g/mol. The second kappa shape index (κ2) is 8.28. The molecule has 1 aromatic heterocycles. The van der Waals surface area contributed by atoms with Crippen LogP contribution in [0.25, 0.3) is 0 Å². The van der Waals surface area contributed by atoms with Crippen LogP contribution in [0.2, 0.25) is 0 Å². The zero-order valence-corrected chi connectivity index (χ0v) is 15.2. The highest BCUT2D eigenvalue weighted by molar-refractivity contribution is 5.76. The summed E-state index contributed by atoms with van der Waals surface area (Å²) in [6.07, 6.45) is 9.54. The van der Waals surface area contributed by atoms with Gasteiger partial charge in [0.15, 0.2) is 6.29 Å². The summed E-state index contributed by atoms with van der Waals surface area (Å²) in [5.41, 5.74) is 4.07. The number of hydrogen-bond acceptors (Lipinski definition) is 5. The molecule has 2 heterocycles. The van der Waals surface area contributed by atoms with Gasteiger partial charge in [0.2, 0.25) is 0 Å². The van der Waals surface area contributed by atoms with Gasteiger partial charge in [-0.1, -0.05) is 6.92 Å². The molecule has 0 radical (unpaired) electrons. The van der Waals surface area contributed by atoms with Gasteiger partial charge in [-0.05, 0) is 62.3 Å². The van der Waals surface area contributed by atoms with Crippen LogP contribution in [0.1, 0.15) is 61.6 Å². The molecule has 0 N–H and O–H groups in total. The summed E-state index contributed by atoms with van der Waals surface area (Å²) in [6, 6.07) is 4.12. The van der Waals surface area contributed by atoms with Gasteiger partial charge in [0.1, 0.15) is 18.1 Å². The van der Waals surface area contributed by atoms with E-state index in [-0.39, 0.29) is 0 Å². The summed E-state index contributed by atoms with van der Waals surface area (Å²) in [5.74, 6) is 0.575. The van der Waals surface area contributed by atoms with Crippen LogP contribution in [0, 0.1) is 6.92 Å². The first-order valence-corrected chi connectivity index (χ1v) is 9.28. The summed E-state index contributed by atoms with van der Waals surface area (Å²) >= 11 is 0. The Bertz CT molecular complexity index is 682. The number of nitrogens with zero attached hydrogens (tertiary/aromatic N) is 3. The number of pyridine rings is 1. The third kappa shape index (κ3) is 4.09. The van der Waals surface area contributed by atoms with E-state index in [4.69, 9.17) is 4.74 Å². The number of hydrogen-bond donors (Lipinski definition) is 0. The van der Waals surface area contributed by atoms with E-state index in [2.05, 4.69) is 22.0 Å². The van der Waals surface area contributed by atoms with Crippen molar-refractivity contribution in [2.24, 2.45) is 5.10 Å². The van der Waals surface area contributed by atoms with Gasteiger partial charge in [0.05, 0.1) is 6.04 Å². The maximum Gasteiger partial charge on any atom is 0.172 e. The number of carbonyl (C=O) groups is 1. The van der Waals surface area contributed by atoms with Crippen LogP contribution in [-0.2, 0) is 0 Å². The molecule has 2 aliphatic rings. The van der Waals surface area contributed by atoms with Gasteiger partial charge in [-0.3, -0.25) is 9.80 Å². The number of rotatable bonds is 7. The quantitative estimate of drug-likeness (QED) is 0.557. The number of aldehydes is 1. The molecule has 0 spiro atoms. The van der Waals surface area contributed by atoms with Gasteiger partial charge in [-0.15, -0.1) is 0 Å². The number of aromatic nitrogens is 1. The average molecular weight is 341 g/mol. The van der Waals surface area contributed by atoms with E-state index in [0.717, 1.165) is 44.2 Å². The molecule has 25 heavy (non-hydrogen) atoms. The van der Waals surface area contributed by atoms with Crippen molar-refractivity contribution < 1.29 is 9.53 Å². The van der Waals surface area contributed by atoms with Gasteiger partial charge in [0, 0.05) is 24.9 Å². The molecule has 0 fully saturated rings. The molecule has 0 saturated heterocycles. The SMILES string of the molecule is CCCN1N=CCC1C1=C(COc2ccc(C)nc2C=O)CCCC1. The highest BCUT2D eigenvalue weighted by Gasteiger charge is 2.28. The zero-order chi connectivity index (χ0) is 17.6. The fraction of sp³-hybridized carbons (Fsp3) is 0.550. The lowest BCUT2D eigenvalue weighted by atomic mass is 9.86. The maximum atomic E-state index is 11.2. The van der Waals surface area contributed by atoms with Crippen LogP contribution in [0.4, 0.5) is 0 Å². The molecule has 0 amide bonds. The predicted octanol–water partition coefficient (Wildman–Crippen LogP) is 3.92. The molecule has 0 aromatic carbocycles. The summed E-state index contributed by atoms with van der Waals surface area (Å²) in [6.45, 7) is 5.60. The topological polar surface area (TPSA) is 54.8 Å². The Hall–Kier alpha value is -2.17. The lowest BCUT2D eigenvalue weighted by Crippen LogP contribution is -2.31. The van der Waals surface area contributed by atoms with Crippen molar-refractivity contribution in [2.75, 3.05) is 13.2 Å². The molecule has 5 nitrogen and oxygen atoms in total. The van der Waals surface area contributed by atoms with Crippen LogP contribution >= 0.6 is 0 Å². The first-order valence-electron chi connectivity index (χ1n) is 9.28. The van der Waals surface area contributed by atoms with E-state index >= 15 is 0 Å². The molecule has 1 unspecified atom stereocenters. The fourth-order valence-corrected chi connectivity index (χ4v) is 3.71. The Morgan fingerprint density at radius 3 is 2.96 bits per heavy atom. The highest BCUT2D eigenvalue weighted by Crippen LogP contribution is 2.33. The maximum absolute atomic E-state index is 11.2. The third-order valence-corrected chi connectivity index (χ3v) is 4.94. The van der Waals surface area contributed by atoms with E-state index < -0.39 is 0 Å². The van der Waals surface area contributed by atoms with Gasteiger partial charge >= 0.3 is 0 Å². The second-order valence-electron chi connectivity index (χ2n) is 6.79. The van der Waals surface area contributed by atoms with Crippen molar-refractivity contribution in [1.82, 2.24) is 9.99 Å². The Morgan fingerprint density at radius 2 is 2.16 bits per heavy atom. The Balaban J connectivity index is 1.76. The minimum absolute atomic E-state index is 0.384. The van der Waals surface area contributed by atoms with Crippen molar-refractivity contribution in [1.29, 1.82) is 0 Å². The molecule has 5 heteroatoms. The van der Waals surface area contributed by atoms with Gasteiger partial charge in [-0.2, -0.15) is 5.10 Å². The lowest BCUT2D eigenvalue weighted by Gasteiger charge is -2.30. The fourth-order valence-electron chi connectivity index (χ4n) is 3.71. The number of hydrazone groups is 1. The van der Waals surface area contributed by atoms with Gasteiger partial charge in [-0.25, -0.2) is 4.98 Å². The first kappa shape index (κ1) is 17.6. The molecule has 1 aromatic rings. The standard InChI is InChI=1S/C20H27N3O2/c1-3-12-23-19(10-11-21-23)17-7-5-4-6-16(17)14-25-20-9-8-15(2)22-18(20)13-24/h8-9,11,13,19H,3-7,10,12,14H2,1-2H3. The number of carbonyl (C=O) groups excluding carboxylic acids is 1. The summed E-state index contributed by atoms with van der Waals surface area (Å²) < 4.78 is 6.00. The van der Waals surface area contributed by atoms with Crippen molar-refractivity contribution >= 4 is 12.5 Å². The molecule has 1 aliphatic carbocycles. The van der Waals surface area contributed by atoms with Crippen LogP contribution in [0.5, 0.6) is 5.75 Å². The van der Waals surface area contributed by atoms with E-state index in [1.165, 1.54) is 24.0 Å². The molecule has 3 rings (SSSR count). The molecular formula is C20H27N3O2. The minimum atomic E-state index is 0.384. The number of ether oxygens (including phenoxy) is 1. The highest BCUT2D eigenvalue weighted by atomic mass is 16.5. The summed E-state index contributed by atoms with van der Waals surface area (Å²) in [7, 11) is 0. The van der Waals surface area contributed by atoms with Crippen molar-refractivity contribution in [2.45, 2.75) is 58.4 Å². The summed E-state index contributed by atoms with van der Waals surface area (Å²) in [5, 5.41) is 6.78. The Labute approximate surface area is 149 Å². The number of aryl methyl sites for hydroxylation is 1. The zero-order valence-electron chi connectivity index (χ0n) is 15.2. The van der Waals surface area contributed by atoms with Gasteiger partial charge < -0.3 is 4.74 Å². The second-order valence-corrected chi connectivity index (χ2v) is 6.79. The lowest BCUT2D eigenvalue weighted by molar-refractivity contribution is 0.111. The van der Waals surface area contributed by atoms with Crippen LogP contribution < -0.4 is 4.74 Å². The van der Waals surface area contributed by atoms with Crippen molar-refractivity contribution in [3.05, 3.63) is 34.7 Å². The molecule has 1 aliphatic heterocycles. The Morgan fingerprint density at radius 1 is 1.32 bits per heavy atom. The molecule has 0 saturated carbocycles. The third-order valence-electron chi connectivity index (χ3n) is 4.94. The van der Waals surface area contributed by atoms with Crippen LogP contribution in [-0.4, -0.2) is 41.7 Å². The van der Waals surface area contributed by atoms with Crippen molar-refractivity contribution in [3.8, 4) is 5.75 Å². The normalized spacial score (nSPS) is 20.2. The van der Waals surface area contributed by atoms with E-state index in [1.807, 2.05) is 25.3 Å². The van der Waals surface area contributed by atoms with Gasteiger partial charge in [0.25, 0.3) is 0 Å². The molecular weight excluding hydrogens is 314 g/mol. The molecule has 0 bridgehead atoms. The molecule has 134 valence electrons. The molecule has 1 atom stereocenters. The van der Waals surface area contributed by atoms with Crippen LogP contribution in [0.3, 0.4) is 0 Å². The van der Waals surface area contributed by atoms with E-state index in [9.17, 15) is 4.79 Å². The Kier molecular flexibility index (Phi) is 5.84. The largest absolute Gasteiger partial charge is 0.487 e. The first-order chi connectivity index (χ1) is 12.2. The predicted molar refractivity (Wildman–Crippen MR) is 99.2 cm³/mol. The summed E-state index contributed by atoms with van der Waals surface area (Å²) in [4.78, 5) is 15.5. The minimum Gasteiger partial charge on any atom is -0.487 e.